The van der Waals surface area contributed by atoms with Crippen LogP contribution in [0.5, 0.6) is 0 Å². The monoisotopic (exact) mass is 277 g/mol. The molecule has 2 N–H and O–H groups in total. The summed E-state index contributed by atoms with van der Waals surface area (Å²) < 4.78 is 0. The van der Waals surface area contributed by atoms with E-state index in [-0.39, 0.29) is 17.6 Å². The van der Waals surface area contributed by atoms with E-state index in [9.17, 15) is 9.59 Å². The third-order valence-electron chi connectivity index (χ3n) is 3.48. The van der Waals surface area contributed by atoms with Crippen LogP contribution < -0.4 is 5.48 Å². The first-order valence-electron chi connectivity index (χ1n) is 7.15. The van der Waals surface area contributed by atoms with E-state index in [0.29, 0.717) is 12.8 Å². The van der Waals surface area contributed by atoms with Gasteiger partial charge in [0.15, 0.2) is 0 Å². The number of hydrogen-bond donors (Lipinski definition) is 2. The van der Waals surface area contributed by atoms with E-state index in [4.69, 9.17) is 5.21 Å². The van der Waals surface area contributed by atoms with Gasteiger partial charge in [-0.1, -0.05) is 50.1 Å². The van der Waals surface area contributed by atoms with Crippen molar-refractivity contribution in [2.45, 2.75) is 51.4 Å². The fourth-order valence-electron chi connectivity index (χ4n) is 2.14. The smallest absolute Gasteiger partial charge is 0.243 e. The Labute approximate surface area is 120 Å². The third-order valence-corrected chi connectivity index (χ3v) is 3.48. The van der Waals surface area contributed by atoms with Crippen molar-refractivity contribution in [3.8, 4) is 0 Å². The SMILES string of the molecule is CC(C(=O)CCCCCCC(=O)NO)c1ccccc1. The lowest BCUT2D eigenvalue weighted by molar-refractivity contribution is -0.129. The van der Waals surface area contributed by atoms with E-state index < -0.39 is 0 Å². The van der Waals surface area contributed by atoms with Gasteiger partial charge in [-0.25, -0.2) is 5.48 Å². The van der Waals surface area contributed by atoms with E-state index in [1.807, 2.05) is 37.3 Å². The minimum Gasteiger partial charge on any atom is -0.299 e. The van der Waals surface area contributed by atoms with Crippen molar-refractivity contribution in [1.29, 1.82) is 0 Å². The van der Waals surface area contributed by atoms with Gasteiger partial charge in [-0.05, 0) is 18.4 Å². The van der Waals surface area contributed by atoms with E-state index in [2.05, 4.69) is 0 Å². The summed E-state index contributed by atoms with van der Waals surface area (Å²) in [6.07, 6.45) is 4.37. The van der Waals surface area contributed by atoms with Crippen molar-refractivity contribution in [2.75, 3.05) is 0 Å². The second kappa shape index (κ2) is 9.26. The van der Waals surface area contributed by atoms with Crippen molar-refractivity contribution >= 4 is 11.7 Å². The summed E-state index contributed by atoms with van der Waals surface area (Å²) in [6.45, 7) is 1.95. The van der Waals surface area contributed by atoms with Gasteiger partial charge in [0, 0.05) is 18.8 Å². The predicted molar refractivity (Wildman–Crippen MR) is 77.5 cm³/mol. The molecular formula is C16H23NO3. The summed E-state index contributed by atoms with van der Waals surface area (Å²) in [5.74, 6) is -0.126. The molecule has 0 spiro atoms. The first-order chi connectivity index (χ1) is 9.65. The number of unbranched alkanes of at least 4 members (excludes halogenated alkanes) is 3. The van der Waals surface area contributed by atoms with Crippen molar-refractivity contribution in [1.82, 2.24) is 5.48 Å². The maximum absolute atomic E-state index is 12.0. The number of ketones is 1. The highest BCUT2D eigenvalue weighted by atomic mass is 16.5. The molecule has 1 rings (SSSR count). The molecule has 0 aliphatic heterocycles. The molecule has 110 valence electrons. The van der Waals surface area contributed by atoms with Crippen LogP contribution in [0, 0.1) is 0 Å². The molecule has 0 aliphatic carbocycles. The lowest BCUT2D eigenvalue weighted by Crippen LogP contribution is -2.17. The molecule has 0 fully saturated rings. The molecule has 0 aromatic heterocycles. The first kappa shape index (κ1) is 16.4. The number of nitrogens with one attached hydrogen (secondary N) is 1. The number of carbonyl (C=O) groups is 2. The quantitative estimate of drug-likeness (QED) is 0.414. The van der Waals surface area contributed by atoms with Gasteiger partial charge in [0.2, 0.25) is 5.91 Å². The van der Waals surface area contributed by atoms with Gasteiger partial charge >= 0.3 is 0 Å². The van der Waals surface area contributed by atoms with Crippen LogP contribution in [0.4, 0.5) is 0 Å². The van der Waals surface area contributed by atoms with Crippen LogP contribution in [-0.4, -0.2) is 16.9 Å². The molecule has 0 saturated carbocycles. The Morgan fingerprint density at radius 1 is 1.05 bits per heavy atom. The molecule has 0 aliphatic rings. The minimum atomic E-state index is -0.348. The third kappa shape index (κ3) is 5.97. The Morgan fingerprint density at radius 2 is 1.65 bits per heavy atom. The number of Topliss-reactive ketones (excluding diaryl/α,β-unsaturated/α-hetero) is 1. The standard InChI is InChI=1S/C16H23NO3/c1-13(14-9-5-4-6-10-14)15(18)11-7-2-3-8-12-16(19)17-20/h4-6,9-10,13,20H,2-3,7-8,11-12H2,1H3,(H,17,19). The van der Waals surface area contributed by atoms with Gasteiger partial charge in [0.25, 0.3) is 0 Å². The Morgan fingerprint density at radius 3 is 2.25 bits per heavy atom. The summed E-state index contributed by atoms with van der Waals surface area (Å²) in [5, 5.41) is 8.34. The number of hydrogen-bond acceptors (Lipinski definition) is 3. The molecule has 0 saturated heterocycles. The zero-order valence-corrected chi connectivity index (χ0v) is 12.0. The maximum Gasteiger partial charge on any atom is 0.243 e. The van der Waals surface area contributed by atoms with Crippen molar-refractivity contribution < 1.29 is 14.8 Å². The van der Waals surface area contributed by atoms with Gasteiger partial charge < -0.3 is 0 Å². The van der Waals surface area contributed by atoms with Crippen molar-refractivity contribution in [3.05, 3.63) is 35.9 Å². The summed E-state index contributed by atoms with van der Waals surface area (Å²) in [5.41, 5.74) is 2.68. The van der Waals surface area contributed by atoms with Crippen LogP contribution in [0.15, 0.2) is 30.3 Å². The number of amides is 1. The van der Waals surface area contributed by atoms with Gasteiger partial charge in [0.1, 0.15) is 5.78 Å². The molecule has 1 atom stereocenters. The van der Waals surface area contributed by atoms with E-state index in [1.165, 1.54) is 0 Å². The second-order valence-electron chi connectivity index (χ2n) is 5.05. The van der Waals surface area contributed by atoms with E-state index in [0.717, 1.165) is 31.2 Å². The molecule has 4 nitrogen and oxygen atoms in total. The highest BCUT2D eigenvalue weighted by molar-refractivity contribution is 5.85. The summed E-state index contributed by atoms with van der Waals surface area (Å²) >= 11 is 0. The molecule has 4 heteroatoms. The van der Waals surface area contributed by atoms with Crippen LogP contribution in [-0.2, 0) is 9.59 Å². The van der Waals surface area contributed by atoms with Crippen LogP contribution >= 0.6 is 0 Å². The van der Waals surface area contributed by atoms with E-state index in [1.54, 1.807) is 5.48 Å². The number of benzene rings is 1. The first-order valence-corrected chi connectivity index (χ1v) is 7.15. The minimum absolute atomic E-state index is 0.0450. The lowest BCUT2D eigenvalue weighted by atomic mass is 9.93. The molecule has 1 aromatic rings. The molecular weight excluding hydrogens is 254 g/mol. The Bertz CT molecular complexity index is 417. The lowest BCUT2D eigenvalue weighted by Gasteiger charge is -2.10. The zero-order chi connectivity index (χ0) is 14.8. The van der Waals surface area contributed by atoms with Gasteiger partial charge in [0.05, 0.1) is 0 Å². The number of hydroxylamine groups is 1. The van der Waals surface area contributed by atoms with Crippen molar-refractivity contribution in [2.24, 2.45) is 0 Å². The van der Waals surface area contributed by atoms with Gasteiger partial charge in [-0.15, -0.1) is 0 Å². The average Bonchev–Trinajstić information content (AvgIpc) is 2.50. The highest BCUT2D eigenvalue weighted by Gasteiger charge is 2.13. The second-order valence-corrected chi connectivity index (χ2v) is 5.05. The largest absolute Gasteiger partial charge is 0.299 e. The van der Waals surface area contributed by atoms with Crippen LogP contribution in [0.1, 0.15) is 56.9 Å². The summed E-state index contributed by atoms with van der Waals surface area (Å²) in [4.78, 5) is 22.8. The van der Waals surface area contributed by atoms with Crippen LogP contribution in [0.2, 0.25) is 0 Å². The average molecular weight is 277 g/mol. The summed E-state index contributed by atoms with van der Waals surface area (Å²) in [6, 6.07) is 9.81. The fourth-order valence-corrected chi connectivity index (χ4v) is 2.14. The molecule has 0 radical (unpaired) electrons. The zero-order valence-electron chi connectivity index (χ0n) is 12.0. The number of carbonyl (C=O) groups excluding carboxylic acids is 2. The number of rotatable bonds is 9. The van der Waals surface area contributed by atoms with E-state index >= 15 is 0 Å². The van der Waals surface area contributed by atoms with Crippen LogP contribution in [0.25, 0.3) is 0 Å². The normalized spacial score (nSPS) is 11.9. The fraction of sp³-hybridized carbons (Fsp3) is 0.500. The maximum atomic E-state index is 12.0. The predicted octanol–water partition coefficient (Wildman–Crippen LogP) is 3.21. The van der Waals surface area contributed by atoms with Crippen LogP contribution in [0.3, 0.4) is 0 Å². The van der Waals surface area contributed by atoms with Gasteiger partial charge in [-0.3, -0.25) is 14.8 Å². The highest BCUT2D eigenvalue weighted by Crippen LogP contribution is 2.18. The molecule has 1 amide bonds. The Kier molecular flexibility index (Phi) is 7.58. The van der Waals surface area contributed by atoms with Gasteiger partial charge in [-0.2, -0.15) is 0 Å². The topological polar surface area (TPSA) is 66.4 Å². The molecule has 1 unspecified atom stereocenters. The summed E-state index contributed by atoms with van der Waals surface area (Å²) in [7, 11) is 0. The molecule has 1 aromatic carbocycles. The Balaban J connectivity index is 2.16. The molecule has 20 heavy (non-hydrogen) atoms. The Hall–Kier alpha value is -1.68. The molecule has 0 heterocycles. The molecule has 0 bridgehead atoms. The van der Waals surface area contributed by atoms with Crippen molar-refractivity contribution in [3.63, 3.8) is 0 Å².